The highest BCUT2D eigenvalue weighted by molar-refractivity contribution is 5.97. The summed E-state index contributed by atoms with van der Waals surface area (Å²) in [6.45, 7) is 6.09. The van der Waals surface area contributed by atoms with Gasteiger partial charge >= 0.3 is 0 Å². The van der Waals surface area contributed by atoms with Crippen molar-refractivity contribution in [2.24, 2.45) is 0 Å². The number of nitrogen functional groups attached to an aromatic ring is 1. The van der Waals surface area contributed by atoms with Gasteiger partial charge in [-0.25, -0.2) is 4.98 Å². The lowest BCUT2D eigenvalue weighted by Crippen LogP contribution is -2.37. The number of nitrogens with zero attached hydrogens (tertiary/aromatic N) is 4. The lowest BCUT2D eigenvalue weighted by molar-refractivity contribution is 0.0946. The summed E-state index contributed by atoms with van der Waals surface area (Å²) in [4.78, 5) is 25.6. The first-order valence-corrected chi connectivity index (χ1v) is 13.5. The summed E-state index contributed by atoms with van der Waals surface area (Å²) < 4.78 is 26.4. The largest absolute Gasteiger partial charge is 0.382 e. The second-order valence-electron chi connectivity index (χ2n) is 10.3. The molecular formula is C29H33FN6O3. The van der Waals surface area contributed by atoms with Gasteiger partial charge in [0.2, 0.25) is 5.95 Å². The highest BCUT2D eigenvalue weighted by Gasteiger charge is 2.25. The van der Waals surface area contributed by atoms with Crippen LogP contribution in [-0.4, -0.2) is 79.9 Å². The molecule has 1 unspecified atom stereocenters. The van der Waals surface area contributed by atoms with Gasteiger partial charge in [-0.3, -0.25) is 9.69 Å². The molecule has 1 aromatic heterocycles. The number of morpholine rings is 1. The Bertz CT molecular complexity index is 1390. The molecule has 3 N–H and O–H groups in total. The average Bonchev–Trinajstić information content (AvgIpc) is 3.41. The van der Waals surface area contributed by atoms with Gasteiger partial charge in [0.05, 0.1) is 19.3 Å². The zero-order valence-corrected chi connectivity index (χ0v) is 22.1. The minimum atomic E-state index is -0.709. The van der Waals surface area contributed by atoms with Gasteiger partial charge in [0, 0.05) is 68.8 Å². The lowest BCUT2D eigenvalue weighted by Gasteiger charge is -2.32. The van der Waals surface area contributed by atoms with Crippen molar-refractivity contribution in [3.8, 4) is 22.5 Å². The number of ether oxygens (including phenoxy) is 2. The number of nitrogens with two attached hydrogens (primary N) is 1. The second-order valence-corrected chi connectivity index (χ2v) is 10.3. The van der Waals surface area contributed by atoms with Crippen molar-refractivity contribution in [2.45, 2.75) is 25.5 Å². The number of carbonyl (C=O) groups is 1. The van der Waals surface area contributed by atoms with Crippen LogP contribution in [0.2, 0.25) is 0 Å². The lowest BCUT2D eigenvalue weighted by atomic mass is 9.96. The van der Waals surface area contributed by atoms with Crippen LogP contribution < -0.4 is 16.0 Å². The van der Waals surface area contributed by atoms with Gasteiger partial charge in [-0.05, 0) is 48.2 Å². The molecule has 0 bridgehead atoms. The number of anilines is 2. The van der Waals surface area contributed by atoms with E-state index in [2.05, 4.69) is 26.2 Å². The van der Waals surface area contributed by atoms with Crippen LogP contribution in [0.4, 0.5) is 15.9 Å². The number of rotatable bonds is 6. The first kappa shape index (κ1) is 25.7. The van der Waals surface area contributed by atoms with Gasteiger partial charge in [-0.1, -0.05) is 12.1 Å². The summed E-state index contributed by atoms with van der Waals surface area (Å²) in [6, 6.07) is 11.4. The van der Waals surface area contributed by atoms with Gasteiger partial charge in [-0.2, -0.15) is 9.37 Å². The number of amides is 1. The van der Waals surface area contributed by atoms with Gasteiger partial charge in [0.25, 0.3) is 5.91 Å². The van der Waals surface area contributed by atoms with Crippen molar-refractivity contribution in [2.75, 3.05) is 63.7 Å². The Kier molecular flexibility index (Phi) is 7.16. The number of hydrogen-bond donors (Lipinski definition) is 2. The van der Waals surface area contributed by atoms with Crippen molar-refractivity contribution in [1.29, 1.82) is 0 Å². The van der Waals surface area contributed by atoms with E-state index in [4.69, 9.17) is 20.2 Å². The fraction of sp³-hybridized carbons (Fsp3) is 0.414. The molecular weight excluding hydrogens is 499 g/mol. The molecule has 1 atom stereocenters. The molecule has 2 fully saturated rings. The van der Waals surface area contributed by atoms with Crippen LogP contribution in [-0.2, 0) is 22.4 Å². The van der Waals surface area contributed by atoms with E-state index in [9.17, 15) is 4.79 Å². The highest BCUT2D eigenvalue weighted by atomic mass is 19.1. The van der Waals surface area contributed by atoms with Crippen molar-refractivity contribution in [3.63, 3.8) is 0 Å². The van der Waals surface area contributed by atoms with Crippen LogP contribution in [0, 0.1) is 5.95 Å². The average molecular weight is 533 g/mol. The van der Waals surface area contributed by atoms with E-state index in [1.807, 2.05) is 18.2 Å². The quantitative estimate of drug-likeness (QED) is 0.499. The Labute approximate surface area is 227 Å². The number of nitrogens with one attached hydrogen (secondary N) is 1. The first-order valence-electron chi connectivity index (χ1n) is 13.5. The van der Waals surface area contributed by atoms with Crippen LogP contribution in [0.1, 0.15) is 27.9 Å². The van der Waals surface area contributed by atoms with Crippen LogP contribution in [0.5, 0.6) is 0 Å². The SMILES string of the molecule is COC1CCN(Cc2cc(-c3nc(-c4ccc5c(c4)CCNC5=O)c(N)nc3F)ccc2N2CCOCC2)C1. The number of methoxy groups -OCH3 is 1. The molecule has 3 aromatic rings. The van der Waals surface area contributed by atoms with Crippen LogP contribution in [0.3, 0.4) is 0 Å². The molecule has 0 radical (unpaired) electrons. The molecule has 3 aliphatic heterocycles. The third-order valence-electron chi connectivity index (χ3n) is 7.84. The van der Waals surface area contributed by atoms with Gasteiger partial charge in [0.1, 0.15) is 11.4 Å². The third-order valence-corrected chi connectivity index (χ3v) is 7.84. The van der Waals surface area contributed by atoms with E-state index in [-0.39, 0.29) is 23.5 Å². The molecule has 2 aromatic carbocycles. The summed E-state index contributed by atoms with van der Waals surface area (Å²) >= 11 is 0. The number of carbonyl (C=O) groups excluding carboxylic acids is 1. The van der Waals surface area contributed by atoms with E-state index in [1.165, 1.54) is 0 Å². The van der Waals surface area contributed by atoms with Gasteiger partial charge in [0.15, 0.2) is 5.82 Å². The molecule has 204 valence electrons. The van der Waals surface area contributed by atoms with Crippen molar-refractivity contribution in [1.82, 2.24) is 20.2 Å². The maximum Gasteiger partial charge on any atom is 0.251 e. The molecule has 0 spiro atoms. The standard InChI is InChI=1S/C29H33FN6O3/c1-38-22-7-9-35(17-22)16-21-15-19(3-5-24(21)36-10-12-39-13-11-36)25-27(30)34-28(31)26(33-25)20-2-4-23-18(14-20)6-8-32-29(23)37/h2-5,14-15,22H,6-13,16-17H2,1H3,(H2,31,34)(H,32,37). The smallest absolute Gasteiger partial charge is 0.251 e. The Hall–Kier alpha value is -3.60. The number of likely N-dealkylation sites (tertiary alicyclic amines) is 1. The summed E-state index contributed by atoms with van der Waals surface area (Å²) in [5, 5.41) is 2.85. The monoisotopic (exact) mass is 532 g/mol. The predicted octanol–water partition coefficient (Wildman–Crippen LogP) is 2.88. The number of fused-ring (bicyclic) bond motifs is 1. The van der Waals surface area contributed by atoms with E-state index >= 15 is 4.39 Å². The zero-order valence-electron chi connectivity index (χ0n) is 22.1. The number of hydrogen-bond acceptors (Lipinski definition) is 8. The van der Waals surface area contributed by atoms with Crippen LogP contribution in [0.15, 0.2) is 36.4 Å². The molecule has 4 heterocycles. The van der Waals surface area contributed by atoms with Gasteiger partial charge in [-0.15, -0.1) is 0 Å². The van der Waals surface area contributed by atoms with Crippen LogP contribution >= 0.6 is 0 Å². The summed E-state index contributed by atoms with van der Waals surface area (Å²) in [5.74, 6) is -0.784. The third kappa shape index (κ3) is 5.19. The maximum atomic E-state index is 15.3. The second kappa shape index (κ2) is 10.9. The molecule has 9 nitrogen and oxygen atoms in total. The number of halogens is 1. The van der Waals surface area contributed by atoms with Crippen LogP contribution in [0.25, 0.3) is 22.5 Å². The molecule has 10 heteroatoms. The Balaban J connectivity index is 1.38. The van der Waals surface area contributed by atoms with E-state index in [1.54, 1.807) is 19.2 Å². The van der Waals surface area contributed by atoms with E-state index < -0.39 is 5.95 Å². The zero-order chi connectivity index (χ0) is 26.9. The summed E-state index contributed by atoms with van der Waals surface area (Å²) in [7, 11) is 1.76. The Morgan fingerprint density at radius 1 is 1.10 bits per heavy atom. The minimum absolute atomic E-state index is 0.0179. The first-order chi connectivity index (χ1) is 19.0. The molecule has 0 aliphatic carbocycles. The fourth-order valence-corrected chi connectivity index (χ4v) is 5.74. The van der Waals surface area contributed by atoms with E-state index in [0.717, 1.165) is 56.0 Å². The molecule has 2 saturated heterocycles. The number of benzene rings is 2. The molecule has 3 aliphatic rings. The van der Waals surface area contributed by atoms with Crippen molar-refractivity contribution in [3.05, 3.63) is 59.0 Å². The normalized spacial score (nSPS) is 19.7. The molecule has 1 amide bonds. The molecule has 39 heavy (non-hydrogen) atoms. The fourth-order valence-electron chi connectivity index (χ4n) is 5.74. The predicted molar refractivity (Wildman–Crippen MR) is 147 cm³/mol. The summed E-state index contributed by atoms with van der Waals surface area (Å²) in [6.07, 6.45) is 1.93. The highest BCUT2D eigenvalue weighted by Crippen LogP contribution is 2.33. The minimum Gasteiger partial charge on any atom is -0.382 e. The maximum absolute atomic E-state index is 15.3. The van der Waals surface area contributed by atoms with E-state index in [0.29, 0.717) is 48.6 Å². The number of aromatic nitrogens is 2. The van der Waals surface area contributed by atoms with Crippen molar-refractivity contribution >= 4 is 17.4 Å². The van der Waals surface area contributed by atoms with Crippen molar-refractivity contribution < 1.29 is 18.7 Å². The Morgan fingerprint density at radius 2 is 1.90 bits per heavy atom. The van der Waals surface area contributed by atoms with Gasteiger partial charge < -0.3 is 25.4 Å². The topological polar surface area (TPSA) is 106 Å². The Morgan fingerprint density at radius 3 is 2.69 bits per heavy atom. The molecule has 6 rings (SSSR count). The summed E-state index contributed by atoms with van der Waals surface area (Å²) in [5.41, 5.74) is 11.9. The molecule has 0 saturated carbocycles.